The van der Waals surface area contributed by atoms with Gasteiger partial charge in [-0.05, 0) is 48.2 Å². The Morgan fingerprint density at radius 3 is 1.81 bits per heavy atom. The third-order valence-electron chi connectivity index (χ3n) is 4.28. The van der Waals surface area contributed by atoms with Gasteiger partial charge in [-0.15, -0.1) is 13.2 Å². The monoisotopic (exact) mass is 426 g/mol. The molecule has 2 rings (SSSR count). The van der Waals surface area contributed by atoms with Crippen LogP contribution in [-0.4, -0.2) is 37.4 Å². The number of aliphatic hydroxyl groups excluding tert-OH is 1. The Morgan fingerprint density at radius 1 is 0.871 bits per heavy atom. The van der Waals surface area contributed by atoms with Crippen molar-refractivity contribution in [2.24, 2.45) is 0 Å². The molecule has 0 aliphatic heterocycles. The van der Waals surface area contributed by atoms with Gasteiger partial charge in [0.05, 0.1) is 20.6 Å². The Morgan fingerprint density at radius 2 is 1.35 bits per heavy atom. The van der Waals surface area contributed by atoms with Crippen molar-refractivity contribution in [3.8, 4) is 23.0 Å². The summed E-state index contributed by atoms with van der Waals surface area (Å²) in [6.07, 6.45) is 2.43. The third kappa shape index (κ3) is 6.72. The molecule has 31 heavy (non-hydrogen) atoms. The number of carbonyl (C=O) groups is 2. The molecule has 0 bridgehead atoms. The highest BCUT2D eigenvalue weighted by atomic mass is 16.6. The van der Waals surface area contributed by atoms with Crippen LogP contribution in [0.5, 0.6) is 23.0 Å². The van der Waals surface area contributed by atoms with Crippen LogP contribution in [0.25, 0.3) is 0 Å². The molecular weight excluding hydrogens is 400 g/mol. The number of hydrogen-bond acceptors (Lipinski definition) is 7. The van der Waals surface area contributed by atoms with Crippen molar-refractivity contribution in [3.05, 3.63) is 72.8 Å². The average molecular weight is 426 g/mol. The number of allylic oxidation sites excluding steroid dienone is 2. The molecular formula is C24H26O7. The van der Waals surface area contributed by atoms with Gasteiger partial charge >= 0.3 is 11.9 Å². The van der Waals surface area contributed by atoms with Crippen LogP contribution in [-0.2, 0) is 22.4 Å². The molecule has 0 aromatic heterocycles. The summed E-state index contributed by atoms with van der Waals surface area (Å²) in [5, 5.41) is 10.1. The fraction of sp³-hybridized carbons (Fsp3) is 0.250. The second-order valence-electron chi connectivity index (χ2n) is 6.57. The summed E-state index contributed by atoms with van der Waals surface area (Å²) in [5.74, 6) is -0.818. The predicted molar refractivity (Wildman–Crippen MR) is 116 cm³/mol. The van der Waals surface area contributed by atoms with Gasteiger partial charge in [-0.2, -0.15) is 0 Å². The van der Waals surface area contributed by atoms with Crippen LogP contribution in [0.1, 0.15) is 17.5 Å². The maximum atomic E-state index is 12.2. The van der Waals surface area contributed by atoms with Crippen molar-refractivity contribution in [2.45, 2.75) is 25.4 Å². The highest BCUT2D eigenvalue weighted by Crippen LogP contribution is 2.30. The highest BCUT2D eigenvalue weighted by molar-refractivity contribution is 5.84. The molecule has 0 aliphatic carbocycles. The molecule has 0 aliphatic rings. The maximum absolute atomic E-state index is 12.2. The first-order valence-corrected chi connectivity index (χ1v) is 9.57. The van der Waals surface area contributed by atoms with E-state index in [1.165, 1.54) is 14.2 Å². The van der Waals surface area contributed by atoms with E-state index in [1.54, 1.807) is 48.6 Å². The normalized spacial score (nSPS) is 11.2. The molecule has 1 atom stereocenters. The van der Waals surface area contributed by atoms with Crippen molar-refractivity contribution in [1.29, 1.82) is 0 Å². The zero-order chi connectivity index (χ0) is 22.8. The lowest BCUT2D eigenvalue weighted by Gasteiger charge is -2.14. The van der Waals surface area contributed by atoms with E-state index in [1.807, 2.05) is 0 Å². The molecule has 0 radical (unpaired) electrons. The third-order valence-corrected chi connectivity index (χ3v) is 4.28. The Bertz CT molecular complexity index is 949. The number of benzene rings is 2. The number of ether oxygens (including phenoxy) is 4. The number of hydrogen-bond donors (Lipinski definition) is 1. The first-order valence-electron chi connectivity index (χ1n) is 9.57. The Balaban J connectivity index is 2.00. The van der Waals surface area contributed by atoms with Crippen LogP contribution in [0.15, 0.2) is 61.7 Å². The van der Waals surface area contributed by atoms with Crippen molar-refractivity contribution < 1.29 is 33.6 Å². The second-order valence-corrected chi connectivity index (χ2v) is 6.57. The van der Waals surface area contributed by atoms with E-state index in [2.05, 4.69) is 13.2 Å². The van der Waals surface area contributed by atoms with Gasteiger partial charge in [-0.1, -0.05) is 24.3 Å². The van der Waals surface area contributed by atoms with Crippen LogP contribution >= 0.6 is 0 Å². The minimum atomic E-state index is -1.71. The van der Waals surface area contributed by atoms with Gasteiger partial charge in [0.15, 0.2) is 29.1 Å². The molecule has 1 unspecified atom stereocenters. The van der Waals surface area contributed by atoms with Crippen LogP contribution in [0, 0.1) is 0 Å². The first-order chi connectivity index (χ1) is 14.9. The van der Waals surface area contributed by atoms with Gasteiger partial charge in [-0.3, -0.25) is 4.79 Å². The smallest absolute Gasteiger partial charge is 0.341 e. The second kappa shape index (κ2) is 11.6. The summed E-state index contributed by atoms with van der Waals surface area (Å²) >= 11 is 0. The van der Waals surface area contributed by atoms with Gasteiger partial charge in [0.2, 0.25) is 0 Å². The molecule has 0 amide bonds. The standard InChI is InChI=1S/C24H26O7/c1-5-7-16-9-11-19(21(13-16)28-3)30-23(26)15-18(25)24(27)31-20-12-10-17(8-6-2)14-22(20)29-4/h5-6,9-14,18,25H,1-2,7-8,15H2,3-4H3. The molecule has 0 fully saturated rings. The van der Waals surface area contributed by atoms with Gasteiger partial charge in [0, 0.05) is 0 Å². The quantitative estimate of drug-likeness (QED) is 0.334. The summed E-state index contributed by atoms with van der Waals surface area (Å²) in [6, 6.07) is 10.1. The lowest BCUT2D eigenvalue weighted by Crippen LogP contribution is -2.30. The fourth-order valence-electron chi connectivity index (χ4n) is 2.76. The minimum Gasteiger partial charge on any atom is -0.493 e. The Hall–Kier alpha value is -3.58. The molecule has 7 heteroatoms. The summed E-state index contributed by atoms with van der Waals surface area (Å²) in [4.78, 5) is 24.4. The van der Waals surface area contributed by atoms with E-state index in [0.29, 0.717) is 24.3 Å². The molecule has 164 valence electrons. The minimum absolute atomic E-state index is 0.132. The summed E-state index contributed by atoms with van der Waals surface area (Å²) in [7, 11) is 2.89. The summed E-state index contributed by atoms with van der Waals surface area (Å²) in [6.45, 7) is 7.35. The lowest BCUT2D eigenvalue weighted by molar-refractivity contribution is -0.150. The summed E-state index contributed by atoms with van der Waals surface area (Å²) in [5.41, 5.74) is 1.85. The number of aliphatic hydroxyl groups is 1. The van der Waals surface area contributed by atoms with Crippen LogP contribution < -0.4 is 18.9 Å². The van der Waals surface area contributed by atoms with Crippen molar-refractivity contribution in [2.75, 3.05) is 14.2 Å². The first kappa shape index (κ1) is 23.7. The van der Waals surface area contributed by atoms with E-state index in [0.717, 1.165) is 11.1 Å². The number of rotatable bonds is 11. The topological polar surface area (TPSA) is 91.3 Å². The van der Waals surface area contributed by atoms with Crippen LogP contribution in [0.3, 0.4) is 0 Å². The molecule has 0 saturated heterocycles. The molecule has 0 spiro atoms. The van der Waals surface area contributed by atoms with Crippen LogP contribution in [0.2, 0.25) is 0 Å². The van der Waals surface area contributed by atoms with Crippen molar-refractivity contribution in [1.82, 2.24) is 0 Å². The van der Waals surface area contributed by atoms with Gasteiger partial charge in [0.1, 0.15) is 0 Å². The Labute approximate surface area is 181 Å². The van der Waals surface area contributed by atoms with Crippen molar-refractivity contribution in [3.63, 3.8) is 0 Å². The maximum Gasteiger partial charge on any atom is 0.341 e. The van der Waals surface area contributed by atoms with E-state index in [-0.39, 0.29) is 11.5 Å². The lowest BCUT2D eigenvalue weighted by atomic mass is 10.1. The van der Waals surface area contributed by atoms with Gasteiger partial charge < -0.3 is 24.1 Å². The zero-order valence-electron chi connectivity index (χ0n) is 17.6. The predicted octanol–water partition coefficient (Wildman–Crippen LogP) is 3.42. The van der Waals surface area contributed by atoms with Gasteiger partial charge in [-0.25, -0.2) is 4.79 Å². The average Bonchev–Trinajstić information content (AvgIpc) is 2.75. The van der Waals surface area contributed by atoms with E-state index in [4.69, 9.17) is 18.9 Å². The fourth-order valence-corrected chi connectivity index (χ4v) is 2.76. The van der Waals surface area contributed by atoms with Crippen molar-refractivity contribution >= 4 is 11.9 Å². The molecule has 2 aromatic carbocycles. The largest absolute Gasteiger partial charge is 0.493 e. The SMILES string of the molecule is C=CCc1ccc(OC(=O)CC(O)C(=O)Oc2ccc(CC=C)cc2OC)c(OC)c1. The molecule has 0 heterocycles. The Kier molecular flexibility index (Phi) is 8.84. The number of esters is 2. The molecule has 2 aromatic rings. The summed E-state index contributed by atoms with van der Waals surface area (Å²) < 4.78 is 20.9. The molecule has 0 saturated carbocycles. The van der Waals surface area contributed by atoms with E-state index < -0.39 is 24.5 Å². The highest BCUT2D eigenvalue weighted by Gasteiger charge is 2.24. The van der Waals surface area contributed by atoms with E-state index >= 15 is 0 Å². The molecule has 1 N–H and O–H groups in total. The van der Waals surface area contributed by atoms with Gasteiger partial charge in [0.25, 0.3) is 0 Å². The van der Waals surface area contributed by atoms with E-state index in [9.17, 15) is 14.7 Å². The zero-order valence-corrected chi connectivity index (χ0v) is 17.6. The number of methoxy groups -OCH3 is 2. The number of carbonyl (C=O) groups excluding carboxylic acids is 2. The van der Waals surface area contributed by atoms with Crippen LogP contribution in [0.4, 0.5) is 0 Å². The molecule has 7 nitrogen and oxygen atoms in total.